The van der Waals surface area contributed by atoms with Crippen molar-refractivity contribution in [3.05, 3.63) is 12.5 Å². The second-order valence-corrected chi connectivity index (χ2v) is 5.68. The zero-order valence-corrected chi connectivity index (χ0v) is 10.5. The normalized spacial score (nSPS) is 12.6. The molecule has 0 saturated carbocycles. The average Bonchev–Trinajstić information content (AvgIpc) is 2.69. The molecule has 1 rings (SSSR count). The van der Waals surface area contributed by atoms with Crippen molar-refractivity contribution in [3.63, 3.8) is 0 Å². The summed E-state index contributed by atoms with van der Waals surface area (Å²) < 4.78 is 30.3. The molecule has 0 bridgehead atoms. The number of likely N-dealkylation sites (N-methyl/N-ethyl adjacent to an activating group) is 1. The Bertz CT molecular complexity index is 400. The number of nitrogens with zero attached hydrogens (tertiary/aromatic N) is 2. The number of aromatic amines is 1. The molecule has 0 spiro atoms. The van der Waals surface area contributed by atoms with Crippen molar-refractivity contribution < 1.29 is 13.2 Å². The minimum Gasteiger partial charge on any atom is -0.377 e. The van der Waals surface area contributed by atoms with Crippen LogP contribution in [-0.2, 0) is 14.8 Å². The van der Waals surface area contributed by atoms with Gasteiger partial charge in [0.1, 0.15) is 0 Å². The molecular weight excluding hydrogens is 230 g/mol. The van der Waals surface area contributed by atoms with Crippen molar-refractivity contribution >= 4 is 10.0 Å². The molecule has 0 aliphatic rings. The summed E-state index contributed by atoms with van der Waals surface area (Å²) in [6.45, 7) is 4.51. The predicted molar refractivity (Wildman–Crippen MR) is 59.5 cm³/mol. The van der Waals surface area contributed by atoms with Crippen molar-refractivity contribution in [2.75, 3.05) is 20.2 Å². The van der Waals surface area contributed by atoms with Crippen molar-refractivity contribution in [1.82, 2.24) is 14.3 Å². The topological polar surface area (TPSA) is 75.3 Å². The first-order valence-corrected chi connectivity index (χ1v) is 6.45. The van der Waals surface area contributed by atoms with Gasteiger partial charge in [0.25, 0.3) is 10.0 Å². The fourth-order valence-electron chi connectivity index (χ4n) is 1.09. The molecule has 0 unspecified atom stereocenters. The second kappa shape index (κ2) is 5.42. The number of sulfonamides is 1. The Labute approximate surface area is 95.7 Å². The number of hydrogen-bond donors (Lipinski definition) is 1. The zero-order valence-electron chi connectivity index (χ0n) is 9.67. The summed E-state index contributed by atoms with van der Waals surface area (Å²) in [6, 6.07) is 0. The summed E-state index contributed by atoms with van der Waals surface area (Å²) in [7, 11) is -1.94. The van der Waals surface area contributed by atoms with Crippen molar-refractivity contribution in [2.24, 2.45) is 0 Å². The number of imidazole rings is 1. The molecular formula is C9H17N3O3S. The van der Waals surface area contributed by atoms with Crippen LogP contribution in [0.4, 0.5) is 0 Å². The van der Waals surface area contributed by atoms with Crippen LogP contribution in [-0.4, -0.2) is 49.0 Å². The van der Waals surface area contributed by atoms with Crippen LogP contribution in [0, 0.1) is 0 Å². The number of nitrogens with one attached hydrogen (secondary N) is 1. The third-order valence-corrected chi connectivity index (χ3v) is 3.80. The quantitative estimate of drug-likeness (QED) is 0.792. The Hall–Kier alpha value is -0.920. The lowest BCUT2D eigenvalue weighted by Gasteiger charge is -2.16. The highest BCUT2D eigenvalue weighted by atomic mass is 32.2. The first-order chi connectivity index (χ1) is 7.44. The van der Waals surface area contributed by atoms with E-state index in [0.29, 0.717) is 13.2 Å². The van der Waals surface area contributed by atoms with Crippen LogP contribution < -0.4 is 0 Å². The highest BCUT2D eigenvalue weighted by Gasteiger charge is 2.21. The Kier molecular flexibility index (Phi) is 4.45. The first kappa shape index (κ1) is 13.1. The number of ether oxygens (including phenoxy) is 1. The monoisotopic (exact) mass is 247 g/mol. The van der Waals surface area contributed by atoms with Crippen LogP contribution >= 0.6 is 0 Å². The van der Waals surface area contributed by atoms with Crippen LogP contribution in [0.25, 0.3) is 0 Å². The van der Waals surface area contributed by atoms with Gasteiger partial charge in [0.05, 0.1) is 25.2 Å². The van der Waals surface area contributed by atoms with Gasteiger partial charge >= 0.3 is 0 Å². The van der Waals surface area contributed by atoms with Crippen LogP contribution in [0.2, 0.25) is 0 Å². The summed E-state index contributed by atoms with van der Waals surface area (Å²) in [4.78, 5) is 6.26. The van der Waals surface area contributed by atoms with Crippen molar-refractivity contribution in [3.8, 4) is 0 Å². The van der Waals surface area contributed by atoms with Crippen LogP contribution in [0.5, 0.6) is 0 Å². The Morgan fingerprint density at radius 3 is 2.75 bits per heavy atom. The summed E-state index contributed by atoms with van der Waals surface area (Å²) in [5.41, 5.74) is 0. The minimum absolute atomic E-state index is 0.0968. The molecule has 1 aromatic heterocycles. The van der Waals surface area contributed by atoms with E-state index >= 15 is 0 Å². The molecule has 0 amide bonds. The summed E-state index contributed by atoms with van der Waals surface area (Å²) in [5.74, 6) is 0. The number of rotatable bonds is 6. The molecule has 1 N–H and O–H groups in total. The lowest BCUT2D eigenvalue weighted by atomic mass is 10.5. The largest absolute Gasteiger partial charge is 0.377 e. The molecule has 16 heavy (non-hydrogen) atoms. The maximum absolute atomic E-state index is 11.9. The van der Waals surface area contributed by atoms with E-state index in [1.165, 1.54) is 23.9 Å². The van der Waals surface area contributed by atoms with Crippen molar-refractivity contribution in [1.29, 1.82) is 0 Å². The third-order valence-electron chi connectivity index (χ3n) is 2.02. The fourth-order valence-corrected chi connectivity index (χ4v) is 2.14. The number of hydrogen-bond acceptors (Lipinski definition) is 4. The van der Waals surface area contributed by atoms with Gasteiger partial charge in [0.2, 0.25) is 0 Å². The van der Waals surface area contributed by atoms with Gasteiger partial charge in [-0.1, -0.05) is 0 Å². The van der Waals surface area contributed by atoms with Gasteiger partial charge < -0.3 is 9.72 Å². The molecule has 1 heterocycles. The smallest absolute Gasteiger partial charge is 0.259 e. The molecule has 0 aliphatic carbocycles. The molecule has 6 nitrogen and oxygen atoms in total. The summed E-state index contributed by atoms with van der Waals surface area (Å²) >= 11 is 0. The fraction of sp³-hybridized carbons (Fsp3) is 0.667. The standard InChI is InChI=1S/C9H17N3O3S/c1-8(2)15-5-4-12(3)16(13,14)9-6-10-7-11-9/h6-8H,4-5H2,1-3H3,(H,10,11). The average molecular weight is 247 g/mol. The maximum Gasteiger partial charge on any atom is 0.259 e. The van der Waals surface area contributed by atoms with Crippen LogP contribution in [0.3, 0.4) is 0 Å². The van der Waals surface area contributed by atoms with Gasteiger partial charge in [-0.2, -0.15) is 4.31 Å². The first-order valence-electron chi connectivity index (χ1n) is 5.01. The van der Waals surface area contributed by atoms with E-state index in [4.69, 9.17) is 4.74 Å². The Morgan fingerprint density at radius 2 is 2.25 bits per heavy atom. The van der Waals surface area contributed by atoms with E-state index < -0.39 is 10.0 Å². The van der Waals surface area contributed by atoms with Gasteiger partial charge in [-0.25, -0.2) is 13.4 Å². The lowest BCUT2D eigenvalue weighted by Crippen LogP contribution is -2.31. The number of H-pyrrole nitrogens is 1. The minimum atomic E-state index is -3.46. The Morgan fingerprint density at radius 1 is 1.56 bits per heavy atom. The van der Waals surface area contributed by atoms with Crippen LogP contribution in [0.1, 0.15) is 13.8 Å². The van der Waals surface area contributed by atoms with E-state index in [2.05, 4.69) is 9.97 Å². The summed E-state index contributed by atoms with van der Waals surface area (Å²) in [6.07, 6.45) is 2.73. The van der Waals surface area contributed by atoms with Gasteiger partial charge in [0.15, 0.2) is 5.03 Å². The maximum atomic E-state index is 11.9. The molecule has 92 valence electrons. The second-order valence-electron chi connectivity index (χ2n) is 3.66. The molecule has 0 radical (unpaired) electrons. The van der Waals surface area contributed by atoms with E-state index in [1.807, 2.05) is 13.8 Å². The van der Waals surface area contributed by atoms with E-state index in [0.717, 1.165) is 0 Å². The molecule has 0 saturated heterocycles. The third kappa shape index (κ3) is 3.29. The highest BCUT2D eigenvalue weighted by molar-refractivity contribution is 7.89. The lowest BCUT2D eigenvalue weighted by molar-refractivity contribution is 0.0737. The highest BCUT2D eigenvalue weighted by Crippen LogP contribution is 2.09. The SMILES string of the molecule is CC(C)OCCN(C)S(=O)(=O)c1cnc[nH]1. The van der Waals surface area contributed by atoms with Gasteiger partial charge in [-0.05, 0) is 13.8 Å². The molecule has 0 aromatic carbocycles. The van der Waals surface area contributed by atoms with E-state index in [9.17, 15) is 8.42 Å². The summed E-state index contributed by atoms with van der Waals surface area (Å²) in [5, 5.41) is 0.0968. The number of aromatic nitrogens is 2. The molecule has 7 heteroatoms. The predicted octanol–water partition coefficient (Wildman–Crippen LogP) is 0.455. The van der Waals surface area contributed by atoms with Gasteiger partial charge in [0, 0.05) is 13.6 Å². The van der Waals surface area contributed by atoms with Crippen LogP contribution in [0.15, 0.2) is 17.6 Å². The Balaban J connectivity index is 2.57. The molecule has 0 atom stereocenters. The van der Waals surface area contributed by atoms with E-state index in [-0.39, 0.29) is 11.1 Å². The van der Waals surface area contributed by atoms with Crippen molar-refractivity contribution in [2.45, 2.75) is 25.0 Å². The molecule has 0 aliphatic heterocycles. The molecule has 0 fully saturated rings. The van der Waals surface area contributed by atoms with Gasteiger partial charge in [-0.3, -0.25) is 0 Å². The van der Waals surface area contributed by atoms with Gasteiger partial charge in [-0.15, -0.1) is 0 Å². The zero-order chi connectivity index (χ0) is 12.2. The van der Waals surface area contributed by atoms with E-state index in [1.54, 1.807) is 0 Å². The molecule has 1 aromatic rings.